The van der Waals surface area contributed by atoms with Crippen molar-refractivity contribution in [2.75, 3.05) is 13.2 Å². The minimum atomic E-state index is -5.65. The van der Waals surface area contributed by atoms with Crippen LogP contribution in [-0.4, -0.2) is 37.8 Å². The summed E-state index contributed by atoms with van der Waals surface area (Å²) in [4.78, 5) is 10.4. The average molecular weight is 262 g/mol. The molecule has 1 aliphatic heterocycles. The van der Waals surface area contributed by atoms with Gasteiger partial charge in [0.1, 0.15) is 0 Å². The monoisotopic (exact) mass is 262 g/mol. The van der Waals surface area contributed by atoms with Crippen molar-refractivity contribution in [3.63, 3.8) is 0 Å². The minimum Gasteiger partial charge on any atom is -0.428 e. The highest BCUT2D eigenvalue weighted by atomic mass is 19.4. The number of ether oxygens (including phenoxy) is 3. The molecule has 0 radical (unpaired) electrons. The second kappa shape index (κ2) is 4.86. The third-order valence-corrected chi connectivity index (χ3v) is 1.65. The van der Waals surface area contributed by atoms with Crippen molar-refractivity contribution in [3.8, 4) is 0 Å². The molecule has 1 heterocycles. The first-order chi connectivity index (χ1) is 7.72. The number of allylic oxidation sites excluding steroid dienone is 1. The lowest BCUT2D eigenvalue weighted by molar-refractivity contribution is -0.259. The topological polar surface area (TPSA) is 44.8 Å². The smallest absolute Gasteiger partial charge is 0.428 e. The van der Waals surface area contributed by atoms with Crippen LogP contribution >= 0.6 is 0 Å². The summed E-state index contributed by atoms with van der Waals surface area (Å²) in [5, 5.41) is 0. The van der Waals surface area contributed by atoms with Gasteiger partial charge >= 0.3 is 18.3 Å². The van der Waals surface area contributed by atoms with Crippen LogP contribution in [0, 0.1) is 0 Å². The number of alkyl halides is 5. The molecule has 0 aromatic carbocycles. The van der Waals surface area contributed by atoms with Gasteiger partial charge in [0.25, 0.3) is 0 Å². The standard InChI is InChI=1S/C8H7F5O4/c9-7(10,8(11,12)13)2-1-3-15-5-4-16-6(14)17-5/h1-2,5H,3-4H2. The summed E-state index contributed by atoms with van der Waals surface area (Å²) in [5.74, 6) is -4.92. The number of hydrogen-bond donors (Lipinski definition) is 0. The molecule has 4 nitrogen and oxygen atoms in total. The van der Waals surface area contributed by atoms with Gasteiger partial charge in [-0.15, -0.1) is 0 Å². The maximum atomic E-state index is 12.3. The third-order valence-electron chi connectivity index (χ3n) is 1.65. The highest BCUT2D eigenvalue weighted by molar-refractivity contribution is 5.61. The summed E-state index contributed by atoms with van der Waals surface area (Å²) in [6, 6.07) is 0. The Morgan fingerprint density at radius 3 is 2.47 bits per heavy atom. The van der Waals surface area contributed by atoms with Crippen LogP contribution < -0.4 is 0 Å². The van der Waals surface area contributed by atoms with Gasteiger partial charge in [-0.1, -0.05) is 6.08 Å². The van der Waals surface area contributed by atoms with Gasteiger partial charge in [0.2, 0.25) is 6.29 Å². The molecule has 0 N–H and O–H groups in total. The van der Waals surface area contributed by atoms with E-state index < -0.39 is 31.2 Å². The van der Waals surface area contributed by atoms with Crippen LogP contribution in [0.1, 0.15) is 0 Å². The van der Waals surface area contributed by atoms with Crippen LogP contribution in [0.2, 0.25) is 0 Å². The Morgan fingerprint density at radius 2 is 2.00 bits per heavy atom. The number of halogens is 5. The molecule has 0 aromatic rings. The molecular formula is C8H7F5O4. The summed E-state index contributed by atoms with van der Waals surface area (Å²) in [6.07, 6.45) is -7.57. The molecule has 1 aliphatic rings. The molecule has 1 atom stereocenters. The van der Waals surface area contributed by atoms with E-state index in [2.05, 4.69) is 14.2 Å². The van der Waals surface area contributed by atoms with Crippen LogP contribution in [0.25, 0.3) is 0 Å². The number of cyclic esters (lactones) is 2. The zero-order chi connectivity index (χ0) is 13.1. The van der Waals surface area contributed by atoms with E-state index in [4.69, 9.17) is 0 Å². The van der Waals surface area contributed by atoms with E-state index in [0.29, 0.717) is 6.08 Å². The molecule has 0 aliphatic carbocycles. The molecule has 0 amide bonds. The van der Waals surface area contributed by atoms with E-state index in [1.54, 1.807) is 0 Å². The number of carbonyl (C=O) groups is 1. The SMILES string of the molecule is O=C1OCC(OCC=CC(F)(F)C(F)(F)F)O1. The fraction of sp³-hybridized carbons (Fsp3) is 0.625. The fourth-order valence-corrected chi connectivity index (χ4v) is 0.847. The van der Waals surface area contributed by atoms with E-state index in [9.17, 15) is 26.7 Å². The van der Waals surface area contributed by atoms with Crippen LogP contribution in [0.5, 0.6) is 0 Å². The van der Waals surface area contributed by atoms with Crippen molar-refractivity contribution in [2.45, 2.75) is 18.4 Å². The van der Waals surface area contributed by atoms with Crippen molar-refractivity contribution in [2.24, 2.45) is 0 Å². The highest BCUT2D eigenvalue weighted by Gasteiger charge is 2.55. The lowest BCUT2D eigenvalue weighted by atomic mass is 10.3. The number of carbonyl (C=O) groups excluding carboxylic acids is 1. The van der Waals surface area contributed by atoms with E-state index in [0.717, 1.165) is 0 Å². The van der Waals surface area contributed by atoms with Crippen LogP contribution in [0.4, 0.5) is 26.7 Å². The Labute approximate surface area is 91.9 Å². The van der Waals surface area contributed by atoms with E-state index in [-0.39, 0.29) is 12.7 Å². The molecule has 0 aromatic heterocycles. The summed E-state index contributed by atoms with van der Waals surface area (Å²) in [5.41, 5.74) is 0. The van der Waals surface area contributed by atoms with Gasteiger partial charge < -0.3 is 14.2 Å². The van der Waals surface area contributed by atoms with Crippen molar-refractivity contribution >= 4 is 6.16 Å². The molecule has 1 unspecified atom stereocenters. The molecule has 9 heteroatoms. The van der Waals surface area contributed by atoms with E-state index in [1.165, 1.54) is 0 Å². The van der Waals surface area contributed by atoms with Crippen LogP contribution in [0.15, 0.2) is 12.2 Å². The Bertz CT molecular complexity index is 312. The zero-order valence-corrected chi connectivity index (χ0v) is 8.17. The molecular weight excluding hydrogens is 255 g/mol. The third kappa shape index (κ3) is 3.84. The summed E-state index contributed by atoms with van der Waals surface area (Å²) in [6.45, 7) is -0.796. The van der Waals surface area contributed by atoms with Gasteiger partial charge in [0, 0.05) is 0 Å². The van der Waals surface area contributed by atoms with Crippen LogP contribution in [0.3, 0.4) is 0 Å². The molecule has 1 rings (SSSR count). The maximum Gasteiger partial charge on any atom is 0.510 e. The van der Waals surface area contributed by atoms with Gasteiger partial charge in [0.05, 0.1) is 6.61 Å². The van der Waals surface area contributed by atoms with Crippen molar-refractivity contribution < 1.29 is 41.0 Å². The Hall–Kier alpha value is -1.38. The lowest BCUT2D eigenvalue weighted by Crippen LogP contribution is -2.34. The van der Waals surface area contributed by atoms with Gasteiger partial charge in [0.15, 0.2) is 6.61 Å². The first-order valence-electron chi connectivity index (χ1n) is 4.29. The van der Waals surface area contributed by atoms with Crippen LogP contribution in [-0.2, 0) is 14.2 Å². The molecule has 17 heavy (non-hydrogen) atoms. The van der Waals surface area contributed by atoms with Crippen molar-refractivity contribution in [1.29, 1.82) is 0 Å². The normalized spacial score (nSPS) is 21.7. The molecule has 0 bridgehead atoms. The number of rotatable bonds is 4. The molecule has 1 saturated heterocycles. The second-order valence-electron chi connectivity index (χ2n) is 2.96. The largest absolute Gasteiger partial charge is 0.510 e. The lowest BCUT2D eigenvalue weighted by Gasteiger charge is -2.15. The van der Waals surface area contributed by atoms with Gasteiger partial charge in [-0.3, -0.25) is 0 Å². The molecule has 98 valence electrons. The summed E-state index contributed by atoms with van der Waals surface area (Å²) < 4.78 is 72.9. The second-order valence-corrected chi connectivity index (χ2v) is 2.96. The summed E-state index contributed by atoms with van der Waals surface area (Å²) in [7, 11) is 0. The minimum absolute atomic E-state index is 0.234. The zero-order valence-electron chi connectivity index (χ0n) is 8.17. The molecule has 1 fully saturated rings. The van der Waals surface area contributed by atoms with Gasteiger partial charge in [-0.25, -0.2) is 4.79 Å². The van der Waals surface area contributed by atoms with E-state index in [1.807, 2.05) is 0 Å². The predicted octanol–water partition coefficient (Wildman–Crippen LogP) is 2.25. The van der Waals surface area contributed by atoms with E-state index >= 15 is 0 Å². The fourth-order valence-electron chi connectivity index (χ4n) is 0.847. The summed E-state index contributed by atoms with van der Waals surface area (Å²) >= 11 is 0. The first-order valence-corrected chi connectivity index (χ1v) is 4.29. The quantitative estimate of drug-likeness (QED) is 0.443. The molecule has 0 spiro atoms. The Morgan fingerprint density at radius 1 is 1.35 bits per heavy atom. The first kappa shape index (κ1) is 13.7. The Balaban J connectivity index is 2.33. The Kier molecular flexibility index (Phi) is 3.91. The average Bonchev–Trinajstić information content (AvgIpc) is 2.57. The van der Waals surface area contributed by atoms with Gasteiger partial charge in [-0.05, 0) is 6.08 Å². The highest BCUT2D eigenvalue weighted by Crippen LogP contribution is 2.36. The predicted molar refractivity (Wildman–Crippen MR) is 42.3 cm³/mol. The number of hydrogen-bond acceptors (Lipinski definition) is 4. The van der Waals surface area contributed by atoms with Crippen molar-refractivity contribution in [3.05, 3.63) is 12.2 Å². The maximum absolute atomic E-state index is 12.3. The molecule has 0 saturated carbocycles. The van der Waals surface area contributed by atoms with Crippen molar-refractivity contribution in [1.82, 2.24) is 0 Å². The van der Waals surface area contributed by atoms with Gasteiger partial charge in [-0.2, -0.15) is 22.0 Å².